The van der Waals surface area contributed by atoms with Crippen LogP contribution in [0, 0.1) is 0 Å². The summed E-state index contributed by atoms with van der Waals surface area (Å²) in [5, 5.41) is 0. The van der Waals surface area contributed by atoms with E-state index < -0.39 is 0 Å². The number of likely N-dealkylation sites (N-methyl/N-ethyl adjacent to an activating group) is 1. The van der Waals surface area contributed by atoms with Gasteiger partial charge in [-0.15, -0.1) is 0 Å². The zero-order chi connectivity index (χ0) is 12.7. The molecule has 0 spiro atoms. The second-order valence-electron chi connectivity index (χ2n) is 4.27. The normalized spacial score (nSPS) is 16.2. The number of rotatable bonds is 3. The molecule has 1 fully saturated rings. The average Bonchev–Trinajstić information content (AvgIpc) is 2.63. The van der Waals surface area contributed by atoms with Crippen molar-refractivity contribution in [3.8, 4) is 0 Å². The van der Waals surface area contributed by atoms with E-state index in [1.807, 2.05) is 11.8 Å². The average molecular weight is 242 g/mol. The summed E-state index contributed by atoms with van der Waals surface area (Å²) in [5.74, 6) is -0.366. The van der Waals surface area contributed by atoms with Crippen LogP contribution in [0.4, 0.5) is 4.79 Å². The largest absolute Gasteiger partial charge is 0.468 e. The minimum absolute atomic E-state index is 0.0419. The van der Waals surface area contributed by atoms with Crippen LogP contribution in [0.25, 0.3) is 0 Å². The maximum Gasteiger partial charge on any atom is 0.325 e. The lowest BCUT2D eigenvalue weighted by molar-refractivity contribution is -0.141. The number of amides is 2. The lowest BCUT2D eigenvalue weighted by Gasteiger charge is -2.28. The molecular weight excluding hydrogens is 220 g/mol. The lowest BCUT2D eigenvalue weighted by atomic mass is 10.2. The van der Waals surface area contributed by atoms with Crippen molar-refractivity contribution in [1.29, 1.82) is 0 Å². The van der Waals surface area contributed by atoms with Crippen molar-refractivity contribution in [1.82, 2.24) is 9.80 Å². The highest BCUT2D eigenvalue weighted by molar-refractivity contribution is 5.81. The number of methoxy groups -OCH3 is 1. The molecule has 0 N–H and O–H groups in total. The summed E-state index contributed by atoms with van der Waals surface area (Å²) in [6, 6.07) is -0.0419. The highest BCUT2D eigenvalue weighted by atomic mass is 16.5. The van der Waals surface area contributed by atoms with Gasteiger partial charge in [0.15, 0.2) is 0 Å². The maximum atomic E-state index is 12.2. The summed E-state index contributed by atoms with van der Waals surface area (Å²) < 4.78 is 4.59. The van der Waals surface area contributed by atoms with E-state index >= 15 is 0 Å². The molecule has 0 bridgehead atoms. The Balaban J connectivity index is 2.54. The minimum atomic E-state index is -0.366. The van der Waals surface area contributed by atoms with E-state index in [1.165, 1.54) is 24.9 Å². The monoisotopic (exact) mass is 242 g/mol. The van der Waals surface area contributed by atoms with Crippen LogP contribution in [0.1, 0.15) is 32.6 Å². The maximum absolute atomic E-state index is 12.2. The molecule has 17 heavy (non-hydrogen) atoms. The number of likely N-dealkylation sites (tertiary alicyclic amines) is 1. The minimum Gasteiger partial charge on any atom is -0.468 e. The molecule has 0 atom stereocenters. The Hall–Kier alpha value is -1.26. The number of hydrogen-bond donors (Lipinski definition) is 0. The van der Waals surface area contributed by atoms with Crippen molar-refractivity contribution in [2.75, 3.05) is 33.3 Å². The first kappa shape index (κ1) is 13.8. The first-order chi connectivity index (χ1) is 8.19. The molecule has 98 valence electrons. The molecule has 1 heterocycles. The number of hydrogen-bond acceptors (Lipinski definition) is 3. The predicted molar refractivity (Wildman–Crippen MR) is 64.7 cm³/mol. The zero-order valence-electron chi connectivity index (χ0n) is 10.8. The van der Waals surface area contributed by atoms with Crippen molar-refractivity contribution in [3.05, 3.63) is 0 Å². The van der Waals surface area contributed by atoms with Crippen molar-refractivity contribution >= 4 is 12.0 Å². The van der Waals surface area contributed by atoms with Gasteiger partial charge in [-0.05, 0) is 19.8 Å². The Morgan fingerprint density at radius 2 is 1.76 bits per heavy atom. The highest BCUT2D eigenvalue weighted by Crippen LogP contribution is 2.11. The summed E-state index contributed by atoms with van der Waals surface area (Å²) >= 11 is 0. The van der Waals surface area contributed by atoms with Gasteiger partial charge >= 0.3 is 12.0 Å². The van der Waals surface area contributed by atoms with Gasteiger partial charge in [0.25, 0.3) is 0 Å². The van der Waals surface area contributed by atoms with E-state index in [4.69, 9.17) is 0 Å². The zero-order valence-corrected chi connectivity index (χ0v) is 10.8. The fraction of sp³-hybridized carbons (Fsp3) is 0.833. The summed E-state index contributed by atoms with van der Waals surface area (Å²) in [4.78, 5) is 26.8. The number of nitrogens with zero attached hydrogens (tertiary/aromatic N) is 2. The Morgan fingerprint density at radius 3 is 2.24 bits per heavy atom. The molecule has 2 amide bonds. The Kier molecular flexibility index (Phi) is 5.80. The van der Waals surface area contributed by atoms with Crippen molar-refractivity contribution in [2.45, 2.75) is 32.6 Å². The van der Waals surface area contributed by atoms with E-state index in [2.05, 4.69) is 4.74 Å². The molecule has 1 saturated heterocycles. The van der Waals surface area contributed by atoms with E-state index in [-0.39, 0.29) is 18.5 Å². The van der Waals surface area contributed by atoms with Crippen LogP contribution < -0.4 is 0 Å². The van der Waals surface area contributed by atoms with E-state index in [0.717, 1.165) is 25.9 Å². The second kappa shape index (κ2) is 7.14. The summed E-state index contributed by atoms with van der Waals surface area (Å²) in [6.45, 7) is 4.05. The molecule has 1 rings (SSSR count). The van der Waals surface area contributed by atoms with Gasteiger partial charge < -0.3 is 14.5 Å². The quantitative estimate of drug-likeness (QED) is 0.704. The van der Waals surface area contributed by atoms with Crippen LogP contribution in [0.15, 0.2) is 0 Å². The van der Waals surface area contributed by atoms with Crippen LogP contribution in [0.3, 0.4) is 0 Å². The van der Waals surface area contributed by atoms with Gasteiger partial charge in [0, 0.05) is 19.6 Å². The van der Waals surface area contributed by atoms with Crippen LogP contribution >= 0.6 is 0 Å². The number of carbonyl (C=O) groups excluding carboxylic acids is 2. The van der Waals surface area contributed by atoms with Gasteiger partial charge in [-0.2, -0.15) is 0 Å². The topological polar surface area (TPSA) is 49.9 Å². The summed E-state index contributed by atoms with van der Waals surface area (Å²) in [7, 11) is 1.34. The third kappa shape index (κ3) is 4.24. The van der Waals surface area contributed by atoms with E-state index in [9.17, 15) is 9.59 Å². The Labute approximate surface area is 103 Å². The molecule has 0 radical (unpaired) electrons. The van der Waals surface area contributed by atoms with Gasteiger partial charge in [-0.25, -0.2) is 4.79 Å². The molecular formula is C12H22N2O3. The van der Waals surface area contributed by atoms with E-state index in [1.54, 1.807) is 0 Å². The molecule has 5 heteroatoms. The lowest BCUT2D eigenvalue weighted by Crippen LogP contribution is -2.45. The molecule has 1 aliphatic heterocycles. The molecule has 0 aromatic carbocycles. The van der Waals surface area contributed by atoms with Gasteiger partial charge in [-0.1, -0.05) is 12.8 Å². The fourth-order valence-corrected chi connectivity index (χ4v) is 2.00. The van der Waals surface area contributed by atoms with Gasteiger partial charge in [0.1, 0.15) is 6.54 Å². The predicted octanol–water partition coefficient (Wildman–Crippen LogP) is 1.48. The van der Waals surface area contributed by atoms with Crippen molar-refractivity contribution < 1.29 is 14.3 Å². The van der Waals surface area contributed by atoms with Crippen LogP contribution in [0.2, 0.25) is 0 Å². The third-order valence-corrected chi connectivity index (χ3v) is 3.08. The van der Waals surface area contributed by atoms with E-state index in [0.29, 0.717) is 6.54 Å². The molecule has 0 aromatic rings. The van der Waals surface area contributed by atoms with Crippen LogP contribution in [-0.2, 0) is 9.53 Å². The molecule has 1 aliphatic rings. The summed E-state index contributed by atoms with van der Waals surface area (Å²) in [5.41, 5.74) is 0. The van der Waals surface area contributed by atoms with Gasteiger partial charge in [0.2, 0.25) is 0 Å². The number of ether oxygens (including phenoxy) is 1. The highest BCUT2D eigenvalue weighted by Gasteiger charge is 2.22. The second-order valence-corrected chi connectivity index (χ2v) is 4.27. The van der Waals surface area contributed by atoms with Gasteiger partial charge in [0.05, 0.1) is 7.11 Å². The molecule has 0 saturated carbocycles. The van der Waals surface area contributed by atoms with Crippen LogP contribution in [0.5, 0.6) is 0 Å². The smallest absolute Gasteiger partial charge is 0.325 e. The first-order valence-electron chi connectivity index (χ1n) is 6.29. The fourth-order valence-electron chi connectivity index (χ4n) is 2.00. The number of carbonyl (C=O) groups is 2. The SMILES string of the molecule is CCN(CC(=O)OC)C(=O)N1CCCCCC1. The Bertz CT molecular complexity index is 260. The molecule has 0 aromatic heterocycles. The standard InChI is InChI=1S/C12H22N2O3/c1-3-13(10-11(15)17-2)12(16)14-8-6-4-5-7-9-14/h3-10H2,1-2H3. The molecule has 0 unspecified atom stereocenters. The Morgan fingerprint density at radius 1 is 1.18 bits per heavy atom. The van der Waals surface area contributed by atoms with Crippen LogP contribution in [-0.4, -0.2) is 55.1 Å². The third-order valence-electron chi connectivity index (χ3n) is 3.08. The number of urea groups is 1. The molecule has 0 aliphatic carbocycles. The number of esters is 1. The van der Waals surface area contributed by atoms with Gasteiger partial charge in [-0.3, -0.25) is 4.79 Å². The molecule has 5 nitrogen and oxygen atoms in total. The first-order valence-corrected chi connectivity index (χ1v) is 6.29. The van der Waals surface area contributed by atoms with Crippen molar-refractivity contribution in [3.63, 3.8) is 0 Å². The van der Waals surface area contributed by atoms with Crippen molar-refractivity contribution in [2.24, 2.45) is 0 Å². The summed E-state index contributed by atoms with van der Waals surface area (Å²) in [6.07, 6.45) is 4.49.